The van der Waals surface area contributed by atoms with Crippen molar-refractivity contribution in [2.24, 2.45) is 0 Å². The molecule has 0 saturated heterocycles. The first-order valence-electron chi connectivity index (χ1n) is 8.32. The lowest BCUT2D eigenvalue weighted by molar-refractivity contribution is 0.0595. The van der Waals surface area contributed by atoms with Gasteiger partial charge in [-0.3, -0.25) is 9.78 Å². The topological polar surface area (TPSA) is 81.4 Å². The van der Waals surface area contributed by atoms with Crippen molar-refractivity contribution in [3.05, 3.63) is 69.6 Å². The van der Waals surface area contributed by atoms with Crippen molar-refractivity contribution < 1.29 is 14.6 Å². The summed E-state index contributed by atoms with van der Waals surface area (Å²) in [5, 5.41) is 10.4. The van der Waals surface area contributed by atoms with E-state index in [4.69, 9.17) is 0 Å². The highest BCUT2D eigenvalue weighted by Gasteiger charge is 2.24. The first-order valence-corrected chi connectivity index (χ1v) is 8.32. The van der Waals surface area contributed by atoms with Gasteiger partial charge in [0.25, 0.3) is 5.56 Å². The van der Waals surface area contributed by atoms with E-state index in [2.05, 4.69) is 9.72 Å². The standard InChI is InChI=1S/C20H20N2O4/c1-12(2)22-15-10-14(9-13-7-5-4-6-8-13)11-21-17(15)18(23)16(19(22)24)20(25)26-3/h4-8,10-12,23H,9H2,1-3H3. The summed E-state index contributed by atoms with van der Waals surface area (Å²) in [5.41, 5.74) is 1.73. The lowest BCUT2D eigenvalue weighted by Gasteiger charge is -2.17. The smallest absolute Gasteiger partial charge is 0.347 e. The summed E-state index contributed by atoms with van der Waals surface area (Å²) in [5.74, 6) is -1.32. The van der Waals surface area contributed by atoms with Gasteiger partial charge in [-0.25, -0.2) is 4.79 Å². The Labute approximate surface area is 150 Å². The molecule has 0 spiro atoms. The van der Waals surface area contributed by atoms with Gasteiger partial charge in [0.05, 0.1) is 12.6 Å². The van der Waals surface area contributed by atoms with Crippen LogP contribution in [0, 0.1) is 0 Å². The summed E-state index contributed by atoms with van der Waals surface area (Å²) in [6.07, 6.45) is 2.29. The van der Waals surface area contributed by atoms with E-state index in [0.717, 1.165) is 11.1 Å². The van der Waals surface area contributed by atoms with Crippen LogP contribution in [0.2, 0.25) is 0 Å². The highest BCUT2D eigenvalue weighted by Crippen LogP contribution is 2.27. The average molecular weight is 352 g/mol. The number of methoxy groups -OCH3 is 1. The van der Waals surface area contributed by atoms with E-state index in [0.29, 0.717) is 11.9 Å². The van der Waals surface area contributed by atoms with Crippen LogP contribution >= 0.6 is 0 Å². The van der Waals surface area contributed by atoms with Crippen molar-refractivity contribution in [2.45, 2.75) is 26.3 Å². The van der Waals surface area contributed by atoms with Crippen molar-refractivity contribution in [3.8, 4) is 5.75 Å². The molecule has 1 aromatic carbocycles. The SMILES string of the molecule is COC(=O)c1c(O)c2ncc(Cc3ccccc3)cc2n(C(C)C)c1=O. The van der Waals surface area contributed by atoms with Gasteiger partial charge in [-0.15, -0.1) is 0 Å². The van der Waals surface area contributed by atoms with Gasteiger partial charge in [-0.2, -0.15) is 0 Å². The number of carbonyl (C=O) groups excluding carboxylic acids is 1. The van der Waals surface area contributed by atoms with Gasteiger partial charge in [0.15, 0.2) is 11.3 Å². The van der Waals surface area contributed by atoms with Crippen molar-refractivity contribution >= 4 is 17.0 Å². The summed E-state index contributed by atoms with van der Waals surface area (Å²) in [6, 6.07) is 11.5. The molecule has 0 aliphatic carbocycles. The highest BCUT2D eigenvalue weighted by molar-refractivity contribution is 5.98. The number of esters is 1. The maximum absolute atomic E-state index is 12.8. The fourth-order valence-corrected chi connectivity index (χ4v) is 3.04. The van der Waals surface area contributed by atoms with Crippen LogP contribution in [-0.4, -0.2) is 27.7 Å². The summed E-state index contributed by atoms with van der Waals surface area (Å²) in [7, 11) is 1.17. The van der Waals surface area contributed by atoms with Crippen molar-refractivity contribution in [1.29, 1.82) is 0 Å². The van der Waals surface area contributed by atoms with Gasteiger partial charge in [0, 0.05) is 12.2 Å². The second-order valence-electron chi connectivity index (χ2n) is 6.36. The number of rotatable bonds is 4. The summed E-state index contributed by atoms with van der Waals surface area (Å²) in [6.45, 7) is 3.67. The number of aromatic nitrogens is 2. The van der Waals surface area contributed by atoms with E-state index >= 15 is 0 Å². The molecule has 0 aliphatic heterocycles. The first kappa shape index (κ1) is 17.7. The van der Waals surface area contributed by atoms with E-state index in [1.54, 1.807) is 6.20 Å². The molecule has 6 nitrogen and oxygen atoms in total. The van der Waals surface area contributed by atoms with Gasteiger partial charge < -0.3 is 14.4 Å². The van der Waals surface area contributed by atoms with Crippen molar-refractivity contribution in [2.75, 3.05) is 7.11 Å². The largest absolute Gasteiger partial charge is 0.505 e. The number of nitrogens with zero attached hydrogens (tertiary/aromatic N) is 2. The second kappa shape index (κ2) is 7.00. The van der Waals surface area contributed by atoms with E-state index in [1.165, 1.54) is 11.7 Å². The number of aromatic hydroxyl groups is 1. The summed E-state index contributed by atoms with van der Waals surface area (Å²) < 4.78 is 6.11. The van der Waals surface area contributed by atoms with Crippen LogP contribution in [0.5, 0.6) is 5.75 Å². The molecule has 3 aromatic rings. The third-order valence-corrected chi connectivity index (χ3v) is 4.23. The van der Waals surface area contributed by atoms with Gasteiger partial charge >= 0.3 is 5.97 Å². The quantitative estimate of drug-likeness (QED) is 0.730. The Kier molecular flexibility index (Phi) is 4.75. The van der Waals surface area contributed by atoms with Crippen LogP contribution < -0.4 is 5.56 Å². The molecular formula is C20H20N2O4. The predicted octanol–water partition coefficient (Wildman–Crippen LogP) is 3.06. The van der Waals surface area contributed by atoms with E-state index in [-0.39, 0.29) is 11.6 Å². The van der Waals surface area contributed by atoms with Crippen LogP contribution in [-0.2, 0) is 11.2 Å². The Morgan fingerprint density at radius 1 is 1.23 bits per heavy atom. The summed E-state index contributed by atoms with van der Waals surface area (Å²) >= 11 is 0. The zero-order chi connectivity index (χ0) is 18.8. The lowest BCUT2D eigenvalue weighted by atomic mass is 10.1. The van der Waals surface area contributed by atoms with Gasteiger partial charge in [0.2, 0.25) is 0 Å². The fraction of sp³-hybridized carbons (Fsp3) is 0.250. The van der Waals surface area contributed by atoms with Crippen LogP contribution in [0.4, 0.5) is 0 Å². The number of fused-ring (bicyclic) bond motifs is 1. The zero-order valence-electron chi connectivity index (χ0n) is 14.9. The second-order valence-corrected chi connectivity index (χ2v) is 6.36. The molecule has 0 unspecified atom stereocenters. The molecule has 0 bridgehead atoms. The number of carbonyl (C=O) groups is 1. The molecule has 134 valence electrons. The third-order valence-electron chi connectivity index (χ3n) is 4.23. The van der Waals surface area contributed by atoms with Crippen LogP contribution in [0.15, 0.2) is 47.4 Å². The van der Waals surface area contributed by atoms with E-state index in [1.807, 2.05) is 50.2 Å². The fourth-order valence-electron chi connectivity index (χ4n) is 3.04. The molecule has 0 amide bonds. The highest BCUT2D eigenvalue weighted by atomic mass is 16.5. The molecular weight excluding hydrogens is 332 g/mol. The van der Waals surface area contributed by atoms with E-state index in [9.17, 15) is 14.7 Å². The van der Waals surface area contributed by atoms with Gasteiger partial charge in [-0.05, 0) is 37.5 Å². The lowest BCUT2D eigenvalue weighted by Crippen LogP contribution is -2.29. The number of hydrogen-bond acceptors (Lipinski definition) is 5. The molecule has 6 heteroatoms. The molecule has 3 rings (SSSR count). The third kappa shape index (κ3) is 3.06. The van der Waals surface area contributed by atoms with Crippen molar-refractivity contribution in [1.82, 2.24) is 9.55 Å². The normalized spacial score (nSPS) is 11.1. The summed E-state index contributed by atoms with van der Waals surface area (Å²) in [4.78, 5) is 29.1. The van der Waals surface area contributed by atoms with Crippen LogP contribution in [0.1, 0.15) is 41.4 Å². The van der Waals surface area contributed by atoms with E-state index < -0.39 is 22.8 Å². The van der Waals surface area contributed by atoms with Gasteiger partial charge in [-0.1, -0.05) is 30.3 Å². The minimum Gasteiger partial charge on any atom is -0.505 e. The Hall–Kier alpha value is -3.15. The molecule has 0 saturated carbocycles. The average Bonchev–Trinajstić information content (AvgIpc) is 2.62. The molecule has 2 heterocycles. The minimum absolute atomic E-state index is 0.204. The number of pyridine rings is 2. The Balaban J connectivity index is 2.24. The molecule has 26 heavy (non-hydrogen) atoms. The maximum atomic E-state index is 12.8. The molecule has 0 radical (unpaired) electrons. The molecule has 1 N–H and O–H groups in total. The molecule has 0 atom stereocenters. The van der Waals surface area contributed by atoms with Crippen molar-refractivity contribution in [3.63, 3.8) is 0 Å². The van der Waals surface area contributed by atoms with Crippen LogP contribution in [0.25, 0.3) is 11.0 Å². The molecule has 2 aromatic heterocycles. The Bertz CT molecular complexity index is 1020. The maximum Gasteiger partial charge on any atom is 0.347 e. The Morgan fingerprint density at radius 2 is 1.92 bits per heavy atom. The zero-order valence-corrected chi connectivity index (χ0v) is 14.9. The molecule has 0 aliphatic rings. The monoisotopic (exact) mass is 352 g/mol. The van der Waals surface area contributed by atoms with Crippen LogP contribution in [0.3, 0.4) is 0 Å². The number of hydrogen-bond donors (Lipinski definition) is 1. The number of benzene rings is 1. The number of ether oxygens (including phenoxy) is 1. The minimum atomic E-state index is -0.876. The van der Waals surface area contributed by atoms with Gasteiger partial charge in [0.1, 0.15) is 5.52 Å². The molecule has 0 fully saturated rings. The first-order chi connectivity index (χ1) is 12.4. The Morgan fingerprint density at radius 3 is 2.54 bits per heavy atom. The predicted molar refractivity (Wildman–Crippen MR) is 98.6 cm³/mol.